The van der Waals surface area contributed by atoms with E-state index in [1.54, 1.807) is 42.6 Å². The molecule has 1 saturated heterocycles. The second kappa shape index (κ2) is 9.32. The highest BCUT2D eigenvalue weighted by Crippen LogP contribution is 2.23. The van der Waals surface area contributed by atoms with Gasteiger partial charge in [-0.05, 0) is 30.3 Å². The van der Waals surface area contributed by atoms with Crippen molar-refractivity contribution in [1.82, 2.24) is 15.1 Å². The molecule has 1 aliphatic rings. The van der Waals surface area contributed by atoms with Gasteiger partial charge in [0.25, 0.3) is 5.91 Å². The third-order valence-corrected chi connectivity index (χ3v) is 5.69. The summed E-state index contributed by atoms with van der Waals surface area (Å²) in [6, 6.07) is 10.9. The summed E-state index contributed by atoms with van der Waals surface area (Å²) in [4.78, 5) is 29.8. The Morgan fingerprint density at radius 1 is 1.11 bits per heavy atom. The second-order valence-electron chi connectivity index (χ2n) is 6.47. The average molecular weight is 407 g/mol. The van der Waals surface area contributed by atoms with Gasteiger partial charge in [-0.15, -0.1) is 11.3 Å². The van der Waals surface area contributed by atoms with Gasteiger partial charge in [-0.25, -0.2) is 0 Å². The minimum atomic E-state index is -0.172. The highest BCUT2D eigenvalue weighted by molar-refractivity contribution is 7.16. The van der Waals surface area contributed by atoms with Crippen molar-refractivity contribution < 1.29 is 9.59 Å². The van der Waals surface area contributed by atoms with Crippen molar-refractivity contribution in [3.8, 4) is 0 Å². The van der Waals surface area contributed by atoms with Crippen molar-refractivity contribution in [1.29, 1.82) is 0 Å². The van der Waals surface area contributed by atoms with Crippen LogP contribution in [0.3, 0.4) is 0 Å². The zero-order valence-corrected chi connectivity index (χ0v) is 16.8. The number of thiophene rings is 1. The van der Waals surface area contributed by atoms with Gasteiger partial charge in [0.15, 0.2) is 0 Å². The van der Waals surface area contributed by atoms with Crippen LogP contribution in [0.2, 0.25) is 4.34 Å². The van der Waals surface area contributed by atoms with E-state index in [-0.39, 0.29) is 11.8 Å². The van der Waals surface area contributed by atoms with Gasteiger partial charge in [-0.2, -0.15) is 0 Å². The van der Waals surface area contributed by atoms with Gasteiger partial charge >= 0.3 is 0 Å². The summed E-state index contributed by atoms with van der Waals surface area (Å²) in [5, 5.41) is 5.45. The molecule has 1 aliphatic heterocycles. The molecule has 0 radical (unpaired) electrons. The fourth-order valence-corrected chi connectivity index (χ4v) is 4.18. The Balaban J connectivity index is 1.45. The van der Waals surface area contributed by atoms with E-state index >= 15 is 0 Å². The Morgan fingerprint density at radius 3 is 2.52 bits per heavy atom. The highest BCUT2D eigenvalue weighted by Gasteiger charge is 2.19. The number of nitrogens with one attached hydrogen (secondary N) is 2. The number of hydrogen-bond donors (Lipinski definition) is 2. The first kappa shape index (κ1) is 19.8. The van der Waals surface area contributed by atoms with Gasteiger partial charge in [0.05, 0.1) is 10.9 Å². The molecule has 0 spiro atoms. The zero-order chi connectivity index (χ0) is 19.2. The van der Waals surface area contributed by atoms with E-state index in [0.29, 0.717) is 17.8 Å². The molecule has 0 unspecified atom stereocenters. The maximum Gasteiger partial charge on any atom is 0.251 e. The summed E-state index contributed by atoms with van der Waals surface area (Å²) in [7, 11) is 1.58. The van der Waals surface area contributed by atoms with Gasteiger partial charge in [-0.3, -0.25) is 19.4 Å². The molecular weight excluding hydrogens is 384 g/mol. The molecule has 0 bridgehead atoms. The predicted molar refractivity (Wildman–Crippen MR) is 110 cm³/mol. The number of piperazine rings is 1. The minimum absolute atomic E-state index is 0.0671. The molecule has 0 aliphatic carbocycles. The summed E-state index contributed by atoms with van der Waals surface area (Å²) >= 11 is 7.60. The number of benzene rings is 1. The van der Waals surface area contributed by atoms with E-state index in [9.17, 15) is 9.59 Å². The van der Waals surface area contributed by atoms with E-state index in [2.05, 4.69) is 26.5 Å². The fourth-order valence-electron chi connectivity index (χ4n) is 3.05. The highest BCUT2D eigenvalue weighted by atomic mass is 35.5. The molecule has 2 amide bonds. The molecule has 1 aromatic heterocycles. The first-order valence-corrected chi connectivity index (χ1v) is 10.0. The van der Waals surface area contributed by atoms with E-state index in [0.717, 1.165) is 37.1 Å². The predicted octanol–water partition coefficient (Wildman–Crippen LogP) is 2.52. The van der Waals surface area contributed by atoms with Crippen molar-refractivity contribution in [3.63, 3.8) is 0 Å². The Bertz CT molecular complexity index is 803. The van der Waals surface area contributed by atoms with E-state index in [4.69, 9.17) is 11.6 Å². The number of anilines is 1. The lowest BCUT2D eigenvalue weighted by atomic mass is 10.2. The number of amides is 2. The van der Waals surface area contributed by atoms with Crippen molar-refractivity contribution in [2.24, 2.45) is 0 Å². The molecule has 2 heterocycles. The Labute approximate surface area is 168 Å². The lowest BCUT2D eigenvalue weighted by molar-refractivity contribution is -0.117. The molecule has 0 saturated carbocycles. The molecule has 1 fully saturated rings. The zero-order valence-electron chi connectivity index (χ0n) is 15.2. The van der Waals surface area contributed by atoms with Gasteiger partial charge in [0.1, 0.15) is 0 Å². The van der Waals surface area contributed by atoms with Crippen LogP contribution in [0.15, 0.2) is 36.4 Å². The molecule has 8 heteroatoms. The maximum absolute atomic E-state index is 12.3. The Kier molecular flexibility index (Phi) is 6.84. The topological polar surface area (TPSA) is 64.7 Å². The summed E-state index contributed by atoms with van der Waals surface area (Å²) in [6.45, 7) is 4.81. The second-order valence-corrected chi connectivity index (χ2v) is 8.27. The molecule has 1 aromatic carbocycles. The van der Waals surface area contributed by atoms with Crippen LogP contribution in [-0.4, -0.2) is 61.4 Å². The third-order valence-electron chi connectivity index (χ3n) is 4.48. The third kappa shape index (κ3) is 5.77. The van der Waals surface area contributed by atoms with Crippen molar-refractivity contribution in [2.75, 3.05) is 45.1 Å². The van der Waals surface area contributed by atoms with Gasteiger partial charge in [0.2, 0.25) is 5.91 Å². The minimum Gasteiger partial charge on any atom is -0.355 e. The molecule has 2 N–H and O–H groups in total. The van der Waals surface area contributed by atoms with Gasteiger partial charge in [-0.1, -0.05) is 17.7 Å². The number of hydrogen-bond acceptors (Lipinski definition) is 5. The van der Waals surface area contributed by atoms with Crippen LogP contribution in [0.5, 0.6) is 0 Å². The first-order valence-electron chi connectivity index (χ1n) is 8.84. The lowest BCUT2D eigenvalue weighted by Crippen LogP contribution is -2.48. The molecule has 3 rings (SSSR count). The van der Waals surface area contributed by atoms with E-state index in [1.807, 2.05) is 6.07 Å². The van der Waals surface area contributed by atoms with Crippen molar-refractivity contribution in [2.45, 2.75) is 6.54 Å². The maximum atomic E-state index is 12.3. The SMILES string of the molecule is CNC(=O)c1cccc(NC(=O)CN2CCN(Cc3ccc(Cl)s3)CC2)c1. The number of rotatable bonds is 6. The van der Waals surface area contributed by atoms with E-state index < -0.39 is 0 Å². The van der Waals surface area contributed by atoms with Crippen LogP contribution in [-0.2, 0) is 11.3 Å². The lowest BCUT2D eigenvalue weighted by Gasteiger charge is -2.34. The molecule has 6 nitrogen and oxygen atoms in total. The molecule has 0 atom stereocenters. The molecule has 144 valence electrons. The Morgan fingerprint density at radius 2 is 1.85 bits per heavy atom. The van der Waals surface area contributed by atoms with Crippen LogP contribution in [0.4, 0.5) is 5.69 Å². The average Bonchev–Trinajstić information content (AvgIpc) is 3.07. The van der Waals surface area contributed by atoms with Crippen LogP contribution < -0.4 is 10.6 Å². The first-order chi connectivity index (χ1) is 13.0. The molecular formula is C19H23ClN4O2S. The van der Waals surface area contributed by atoms with Crippen molar-refractivity contribution >= 4 is 40.4 Å². The summed E-state index contributed by atoms with van der Waals surface area (Å²) < 4.78 is 0.820. The fraction of sp³-hybridized carbons (Fsp3) is 0.368. The smallest absolute Gasteiger partial charge is 0.251 e. The van der Waals surface area contributed by atoms with Crippen LogP contribution in [0.1, 0.15) is 15.2 Å². The van der Waals surface area contributed by atoms with Gasteiger partial charge in [0, 0.05) is 55.9 Å². The van der Waals surface area contributed by atoms with Crippen molar-refractivity contribution in [3.05, 3.63) is 51.2 Å². The summed E-state index contributed by atoms with van der Waals surface area (Å²) in [5.74, 6) is -0.239. The number of nitrogens with zero attached hydrogens (tertiary/aromatic N) is 2. The number of carbonyl (C=O) groups excluding carboxylic acids is 2. The number of halogens is 1. The summed E-state index contributed by atoms with van der Waals surface area (Å²) in [5.41, 5.74) is 1.16. The standard InChI is InChI=1S/C19H23ClN4O2S/c1-21-19(26)14-3-2-4-15(11-14)22-18(25)13-24-9-7-23(8-10-24)12-16-5-6-17(20)27-16/h2-6,11H,7-10,12-13H2,1H3,(H,21,26)(H,22,25). The van der Waals surface area contributed by atoms with Crippen LogP contribution in [0, 0.1) is 0 Å². The van der Waals surface area contributed by atoms with E-state index in [1.165, 1.54) is 4.88 Å². The normalized spacial score (nSPS) is 15.5. The number of carbonyl (C=O) groups is 2. The van der Waals surface area contributed by atoms with Crippen LogP contribution in [0.25, 0.3) is 0 Å². The van der Waals surface area contributed by atoms with Gasteiger partial charge < -0.3 is 10.6 Å². The largest absolute Gasteiger partial charge is 0.355 e. The molecule has 2 aromatic rings. The quantitative estimate of drug-likeness (QED) is 0.773. The van der Waals surface area contributed by atoms with Crippen LogP contribution >= 0.6 is 22.9 Å². The Hall–Kier alpha value is -1.93. The summed E-state index contributed by atoms with van der Waals surface area (Å²) in [6.07, 6.45) is 0. The monoisotopic (exact) mass is 406 g/mol. The molecule has 27 heavy (non-hydrogen) atoms.